The fraction of sp³-hybridized carbons (Fsp3) is 0.435. The number of furan rings is 1. The van der Waals surface area contributed by atoms with Crippen molar-refractivity contribution in [3.05, 3.63) is 55.9 Å². The summed E-state index contributed by atoms with van der Waals surface area (Å²) in [4.78, 5) is 41.9. The van der Waals surface area contributed by atoms with E-state index in [9.17, 15) is 14.4 Å². The second-order valence-corrected chi connectivity index (χ2v) is 8.36. The summed E-state index contributed by atoms with van der Waals surface area (Å²) >= 11 is 0. The van der Waals surface area contributed by atoms with Gasteiger partial charge in [-0.15, -0.1) is 0 Å². The number of aryl methyl sites for hydroxylation is 2. The zero-order valence-corrected chi connectivity index (χ0v) is 19.2. The number of nitrogen functional groups attached to an aromatic ring is 1. The summed E-state index contributed by atoms with van der Waals surface area (Å²) in [5.74, 6) is -0.281. The Bertz CT molecular complexity index is 1250. The first kappa shape index (κ1) is 23.3. The van der Waals surface area contributed by atoms with Crippen molar-refractivity contribution in [1.29, 1.82) is 0 Å². The topological polar surface area (TPSA) is 124 Å². The maximum atomic E-state index is 13.4. The first-order valence-electron chi connectivity index (χ1n) is 10.5. The third-order valence-corrected chi connectivity index (χ3v) is 5.54. The van der Waals surface area contributed by atoms with Gasteiger partial charge >= 0.3 is 5.69 Å². The van der Waals surface area contributed by atoms with Crippen LogP contribution in [0.25, 0.3) is 11.0 Å². The van der Waals surface area contributed by atoms with E-state index in [2.05, 4.69) is 4.98 Å². The maximum Gasteiger partial charge on any atom is 0.330 e. The fourth-order valence-electron chi connectivity index (χ4n) is 3.71. The number of nitrogens with two attached hydrogens (primary N) is 1. The van der Waals surface area contributed by atoms with Crippen molar-refractivity contribution in [3.63, 3.8) is 0 Å². The number of nitrogens with one attached hydrogen (secondary N) is 1. The highest BCUT2D eigenvalue weighted by atomic mass is 16.5. The Hall–Kier alpha value is -3.33. The van der Waals surface area contributed by atoms with Gasteiger partial charge < -0.3 is 19.8 Å². The van der Waals surface area contributed by atoms with Gasteiger partial charge in [-0.3, -0.25) is 19.1 Å². The molecule has 0 spiro atoms. The van der Waals surface area contributed by atoms with Crippen LogP contribution >= 0.6 is 0 Å². The van der Waals surface area contributed by atoms with Gasteiger partial charge in [0.05, 0.1) is 19.3 Å². The molecule has 0 radical (unpaired) electrons. The minimum absolute atomic E-state index is 0.00139. The third kappa shape index (κ3) is 4.47. The molecule has 3 aromatic rings. The number of carbonyl (C=O) groups is 1. The van der Waals surface area contributed by atoms with Gasteiger partial charge in [-0.05, 0) is 30.9 Å². The van der Waals surface area contributed by atoms with Gasteiger partial charge in [-0.25, -0.2) is 4.79 Å². The average molecular weight is 443 g/mol. The molecule has 0 saturated heterocycles. The molecule has 9 heteroatoms. The molecule has 32 heavy (non-hydrogen) atoms. The van der Waals surface area contributed by atoms with Crippen molar-refractivity contribution in [2.24, 2.45) is 5.92 Å². The summed E-state index contributed by atoms with van der Waals surface area (Å²) in [6.07, 6.45) is 1.57. The molecular weight excluding hydrogens is 412 g/mol. The van der Waals surface area contributed by atoms with E-state index < -0.39 is 11.2 Å². The summed E-state index contributed by atoms with van der Waals surface area (Å²) in [6, 6.07) is 3.90. The molecule has 0 aliphatic heterocycles. The Balaban J connectivity index is 2.04. The van der Waals surface area contributed by atoms with E-state index in [1.807, 2.05) is 39.8 Å². The van der Waals surface area contributed by atoms with Crippen LogP contribution in [-0.2, 0) is 22.5 Å². The Morgan fingerprint density at radius 2 is 2.00 bits per heavy atom. The number of hydrogen-bond acceptors (Lipinski definition) is 6. The number of anilines is 2. The monoisotopic (exact) mass is 442 g/mol. The van der Waals surface area contributed by atoms with Crippen molar-refractivity contribution in [2.45, 2.75) is 40.7 Å². The molecule has 9 nitrogen and oxygen atoms in total. The molecule has 2 aromatic heterocycles. The number of ether oxygens (including phenoxy) is 1. The normalized spacial score (nSPS) is 11.4. The zero-order valence-electron chi connectivity index (χ0n) is 19.2. The number of hydrogen-bond donors (Lipinski definition) is 2. The van der Waals surface area contributed by atoms with Gasteiger partial charge in [0, 0.05) is 31.1 Å². The van der Waals surface area contributed by atoms with E-state index in [4.69, 9.17) is 14.9 Å². The molecule has 0 aliphatic rings. The van der Waals surface area contributed by atoms with Crippen LogP contribution in [-0.4, -0.2) is 35.7 Å². The number of amides is 1. The summed E-state index contributed by atoms with van der Waals surface area (Å²) in [5, 5.41) is 0.847. The maximum absolute atomic E-state index is 13.4. The predicted molar refractivity (Wildman–Crippen MR) is 124 cm³/mol. The Morgan fingerprint density at radius 1 is 1.28 bits per heavy atom. The molecule has 0 atom stereocenters. The van der Waals surface area contributed by atoms with Gasteiger partial charge in [0.15, 0.2) is 5.69 Å². The quantitative estimate of drug-likeness (QED) is 0.552. The van der Waals surface area contributed by atoms with Crippen LogP contribution in [0.5, 0.6) is 0 Å². The number of rotatable bonds is 8. The Labute approximate surface area is 185 Å². The van der Waals surface area contributed by atoms with Crippen molar-refractivity contribution in [3.8, 4) is 0 Å². The molecule has 1 amide bonds. The number of aromatic amines is 1. The molecule has 0 unspecified atom stereocenters. The summed E-state index contributed by atoms with van der Waals surface area (Å²) in [5.41, 5.74) is 8.43. The molecule has 3 N–H and O–H groups in total. The minimum atomic E-state index is -0.708. The summed E-state index contributed by atoms with van der Waals surface area (Å²) < 4.78 is 12.1. The molecule has 0 saturated carbocycles. The number of methoxy groups -OCH3 is 1. The van der Waals surface area contributed by atoms with E-state index in [-0.39, 0.29) is 42.9 Å². The van der Waals surface area contributed by atoms with E-state index in [0.29, 0.717) is 12.1 Å². The van der Waals surface area contributed by atoms with Gasteiger partial charge in [0.2, 0.25) is 5.91 Å². The van der Waals surface area contributed by atoms with Crippen LogP contribution in [0.15, 0.2) is 32.4 Å². The van der Waals surface area contributed by atoms with Crippen LogP contribution in [0.1, 0.15) is 30.5 Å². The van der Waals surface area contributed by atoms with Crippen LogP contribution in [0, 0.1) is 19.8 Å². The van der Waals surface area contributed by atoms with Crippen LogP contribution in [0.4, 0.5) is 11.5 Å². The molecule has 2 heterocycles. The number of nitrogens with zero attached hydrogens (tertiary/aromatic N) is 2. The highest BCUT2D eigenvalue weighted by Crippen LogP contribution is 2.28. The third-order valence-electron chi connectivity index (χ3n) is 5.54. The molecule has 3 rings (SSSR count). The number of carbonyl (C=O) groups excluding carboxylic acids is 1. The second kappa shape index (κ2) is 9.44. The van der Waals surface area contributed by atoms with E-state index in [1.54, 1.807) is 6.26 Å². The smallest absolute Gasteiger partial charge is 0.330 e. The lowest BCUT2D eigenvalue weighted by atomic mass is 10.0. The van der Waals surface area contributed by atoms with Crippen molar-refractivity contribution in [1.82, 2.24) is 9.55 Å². The second-order valence-electron chi connectivity index (χ2n) is 8.36. The van der Waals surface area contributed by atoms with Gasteiger partial charge in [0.1, 0.15) is 11.4 Å². The Morgan fingerprint density at radius 3 is 2.66 bits per heavy atom. The standard InChI is InChI=1S/C23H30N4O5/c1-13(2)11-27-21(24)19(22(29)25-23(27)30)26(8-9-31-5)18(28)10-16-12-32-20-15(4)14(3)6-7-17(16)20/h6-7,12-13H,8-11,24H2,1-5H3,(H,25,29,30). The molecule has 172 valence electrons. The average Bonchev–Trinajstić information content (AvgIpc) is 3.13. The predicted octanol–water partition coefficient (Wildman–Crippen LogP) is 2.36. The molecular formula is C23H30N4O5. The number of fused-ring (bicyclic) bond motifs is 1. The van der Waals surface area contributed by atoms with Gasteiger partial charge in [-0.2, -0.15) is 0 Å². The van der Waals surface area contributed by atoms with Crippen molar-refractivity contribution in [2.75, 3.05) is 30.9 Å². The number of aromatic nitrogens is 2. The van der Waals surface area contributed by atoms with E-state index in [1.165, 1.54) is 16.6 Å². The minimum Gasteiger partial charge on any atom is -0.464 e. The van der Waals surface area contributed by atoms with Crippen molar-refractivity contribution < 1.29 is 13.9 Å². The molecule has 1 aromatic carbocycles. The van der Waals surface area contributed by atoms with Crippen LogP contribution < -0.4 is 21.9 Å². The number of benzene rings is 1. The van der Waals surface area contributed by atoms with E-state index in [0.717, 1.165) is 22.1 Å². The lowest BCUT2D eigenvalue weighted by molar-refractivity contribution is -0.118. The molecule has 0 fully saturated rings. The molecule has 0 aliphatic carbocycles. The van der Waals surface area contributed by atoms with Gasteiger partial charge in [-0.1, -0.05) is 26.0 Å². The summed E-state index contributed by atoms with van der Waals surface area (Å²) in [7, 11) is 1.50. The van der Waals surface area contributed by atoms with Crippen molar-refractivity contribution >= 4 is 28.4 Å². The first-order chi connectivity index (χ1) is 15.1. The van der Waals surface area contributed by atoms with Crippen LogP contribution in [0.3, 0.4) is 0 Å². The lowest BCUT2D eigenvalue weighted by Gasteiger charge is -2.24. The fourth-order valence-corrected chi connectivity index (χ4v) is 3.71. The number of H-pyrrole nitrogens is 1. The SMILES string of the molecule is COCCN(C(=O)Cc1coc2c(C)c(C)ccc12)c1c(N)n(CC(C)C)c(=O)[nH]c1=O. The Kier molecular flexibility index (Phi) is 6.88. The highest BCUT2D eigenvalue weighted by molar-refractivity contribution is 5.99. The van der Waals surface area contributed by atoms with E-state index >= 15 is 0 Å². The lowest BCUT2D eigenvalue weighted by Crippen LogP contribution is -2.43. The zero-order chi connectivity index (χ0) is 23.6. The summed E-state index contributed by atoms with van der Waals surface area (Å²) in [6.45, 7) is 8.43. The van der Waals surface area contributed by atoms with Gasteiger partial charge in [0.25, 0.3) is 5.56 Å². The highest BCUT2D eigenvalue weighted by Gasteiger charge is 2.25. The largest absolute Gasteiger partial charge is 0.464 e. The van der Waals surface area contributed by atoms with Crippen LogP contribution in [0.2, 0.25) is 0 Å². The molecule has 0 bridgehead atoms. The first-order valence-corrected chi connectivity index (χ1v) is 10.5.